The minimum absolute atomic E-state index is 0.147. The van der Waals surface area contributed by atoms with E-state index in [0.29, 0.717) is 18.5 Å². The van der Waals surface area contributed by atoms with Gasteiger partial charge in [0.05, 0.1) is 12.7 Å². The Labute approximate surface area is 134 Å². The molecule has 1 amide bonds. The highest BCUT2D eigenvalue weighted by Gasteiger charge is 2.09. The Morgan fingerprint density at radius 1 is 1.13 bits per heavy atom. The van der Waals surface area contributed by atoms with Crippen LogP contribution < -0.4 is 10.1 Å². The predicted molar refractivity (Wildman–Crippen MR) is 88.1 cm³/mol. The van der Waals surface area contributed by atoms with Gasteiger partial charge in [0, 0.05) is 12.1 Å². The number of carboxylic acid groups (broad SMARTS) is 1. The molecule has 0 spiro atoms. The molecule has 0 unspecified atom stereocenters. The van der Waals surface area contributed by atoms with Crippen LogP contribution in [0.1, 0.15) is 27.9 Å². The van der Waals surface area contributed by atoms with Crippen molar-refractivity contribution in [2.75, 3.05) is 12.4 Å². The highest BCUT2D eigenvalue weighted by atomic mass is 16.5. The van der Waals surface area contributed by atoms with Gasteiger partial charge >= 0.3 is 5.97 Å². The molecular weight excluding hydrogens is 294 g/mol. The van der Waals surface area contributed by atoms with E-state index in [1.165, 1.54) is 12.1 Å². The molecule has 0 bridgehead atoms. The summed E-state index contributed by atoms with van der Waals surface area (Å²) in [6.07, 6.45) is 0.927. The molecule has 5 heteroatoms. The van der Waals surface area contributed by atoms with Crippen molar-refractivity contribution < 1.29 is 19.4 Å². The van der Waals surface area contributed by atoms with E-state index in [9.17, 15) is 9.59 Å². The minimum atomic E-state index is -1.02. The van der Waals surface area contributed by atoms with Crippen LogP contribution in [0.4, 0.5) is 5.69 Å². The molecule has 120 valence electrons. The lowest BCUT2D eigenvalue weighted by molar-refractivity contribution is -0.116. The molecule has 2 aromatic rings. The van der Waals surface area contributed by atoms with Crippen LogP contribution in [0.3, 0.4) is 0 Å². The average Bonchev–Trinajstić information content (AvgIpc) is 2.55. The summed E-state index contributed by atoms with van der Waals surface area (Å²) in [6, 6.07) is 12.2. The Morgan fingerprint density at radius 2 is 1.83 bits per heavy atom. The van der Waals surface area contributed by atoms with Gasteiger partial charge in [-0.1, -0.05) is 18.2 Å². The molecule has 0 saturated carbocycles. The zero-order chi connectivity index (χ0) is 16.8. The van der Waals surface area contributed by atoms with E-state index in [1.54, 1.807) is 13.2 Å². The highest BCUT2D eigenvalue weighted by Crippen LogP contribution is 2.18. The van der Waals surface area contributed by atoms with Crippen LogP contribution in [-0.2, 0) is 11.2 Å². The molecule has 0 radical (unpaired) electrons. The first-order valence-electron chi connectivity index (χ1n) is 7.26. The molecule has 5 nitrogen and oxygen atoms in total. The Kier molecular flexibility index (Phi) is 5.36. The van der Waals surface area contributed by atoms with Crippen LogP contribution >= 0.6 is 0 Å². The zero-order valence-electron chi connectivity index (χ0n) is 13.1. The van der Waals surface area contributed by atoms with Crippen LogP contribution in [0.15, 0.2) is 42.5 Å². The van der Waals surface area contributed by atoms with Gasteiger partial charge in [0.15, 0.2) is 0 Å². The number of amides is 1. The number of hydrogen-bond acceptors (Lipinski definition) is 3. The van der Waals surface area contributed by atoms with Crippen LogP contribution in [0.5, 0.6) is 5.75 Å². The first-order valence-corrected chi connectivity index (χ1v) is 7.26. The van der Waals surface area contributed by atoms with Gasteiger partial charge in [-0.15, -0.1) is 0 Å². The van der Waals surface area contributed by atoms with Gasteiger partial charge in [0.1, 0.15) is 5.75 Å². The zero-order valence-corrected chi connectivity index (χ0v) is 13.1. The summed E-state index contributed by atoms with van der Waals surface area (Å²) >= 11 is 0. The molecule has 0 atom stereocenters. The number of ether oxygens (including phenoxy) is 1. The van der Waals surface area contributed by atoms with Gasteiger partial charge in [-0.3, -0.25) is 4.79 Å². The maximum Gasteiger partial charge on any atom is 0.335 e. The fourth-order valence-corrected chi connectivity index (χ4v) is 2.15. The maximum atomic E-state index is 12.1. The summed E-state index contributed by atoms with van der Waals surface area (Å²) < 4.78 is 5.09. The maximum absolute atomic E-state index is 12.1. The number of hydrogen-bond donors (Lipinski definition) is 2. The molecule has 0 heterocycles. The number of nitrogens with one attached hydrogen (secondary N) is 1. The summed E-state index contributed by atoms with van der Waals surface area (Å²) in [7, 11) is 1.61. The molecule has 0 fully saturated rings. The third kappa shape index (κ3) is 4.57. The number of methoxy groups -OCH3 is 1. The summed E-state index contributed by atoms with van der Waals surface area (Å²) in [4.78, 5) is 23.0. The van der Waals surface area contributed by atoms with Crippen LogP contribution in [0.2, 0.25) is 0 Å². The minimum Gasteiger partial charge on any atom is -0.497 e. The van der Waals surface area contributed by atoms with E-state index in [1.807, 2.05) is 31.2 Å². The van der Waals surface area contributed by atoms with E-state index in [0.717, 1.165) is 16.9 Å². The predicted octanol–water partition coefficient (Wildman–Crippen LogP) is 3.27. The van der Waals surface area contributed by atoms with Crippen molar-refractivity contribution in [1.29, 1.82) is 0 Å². The standard InChI is InChI=1S/C18H19NO4/c1-12-3-7-14(18(21)22)11-16(12)19-17(20)10-6-13-4-8-15(23-2)9-5-13/h3-5,7-9,11H,6,10H2,1-2H3,(H,19,20)(H,21,22). The largest absolute Gasteiger partial charge is 0.497 e. The fourth-order valence-electron chi connectivity index (χ4n) is 2.15. The summed E-state index contributed by atoms with van der Waals surface area (Å²) in [6.45, 7) is 1.82. The topological polar surface area (TPSA) is 75.6 Å². The molecule has 2 N–H and O–H groups in total. The lowest BCUT2D eigenvalue weighted by atomic mass is 10.1. The van der Waals surface area contributed by atoms with Gasteiger partial charge < -0.3 is 15.2 Å². The second kappa shape index (κ2) is 7.45. The molecular formula is C18H19NO4. The summed E-state index contributed by atoms with van der Waals surface area (Å²) in [5.74, 6) is -0.385. The normalized spacial score (nSPS) is 10.2. The monoisotopic (exact) mass is 313 g/mol. The van der Waals surface area contributed by atoms with Gasteiger partial charge in [-0.25, -0.2) is 4.79 Å². The molecule has 23 heavy (non-hydrogen) atoms. The Morgan fingerprint density at radius 3 is 2.43 bits per heavy atom. The van der Waals surface area contributed by atoms with Crippen LogP contribution in [0, 0.1) is 6.92 Å². The summed E-state index contributed by atoms with van der Waals surface area (Å²) in [5.41, 5.74) is 2.55. The van der Waals surface area contributed by atoms with Gasteiger partial charge in [0.2, 0.25) is 5.91 Å². The van der Waals surface area contributed by atoms with Gasteiger partial charge in [0.25, 0.3) is 0 Å². The van der Waals surface area contributed by atoms with Crippen LogP contribution in [0.25, 0.3) is 0 Å². The lowest BCUT2D eigenvalue weighted by Gasteiger charge is -2.09. The van der Waals surface area contributed by atoms with Gasteiger partial charge in [-0.05, 0) is 48.7 Å². The van der Waals surface area contributed by atoms with E-state index < -0.39 is 5.97 Å². The Bertz CT molecular complexity index is 707. The van der Waals surface area contributed by atoms with Gasteiger partial charge in [-0.2, -0.15) is 0 Å². The summed E-state index contributed by atoms with van der Waals surface area (Å²) in [5, 5.41) is 11.8. The Hall–Kier alpha value is -2.82. The van der Waals surface area contributed by atoms with E-state index in [-0.39, 0.29) is 11.5 Å². The first kappa shape index (κ1) is 16.5. The van der Waals surface area contributed by atoms with Crippen molar-refractivity contribution >= 4 is 17.6 Å². The van der Waals surface area contributed by atoms with Crippen molar-refractivity contribution in [2.24, 2.45) is 0 Å². The second-order valence-electron chi connectivity index (χ2n) is 5.23. The quantitative estimate of drug-likeness (QED) is 0.858. The SMILES string of the molecule is COc1ccc(CCC(=O)Nc2cc(C(=O)O)ccc2C)cc1. The van der Waals surface area contributed by atoms with Crippen molar-refractivity contribution in [3.8, 4) is 5.75 Å². The number of carbonyl (C=O) groups excluding carboxylic acids is 1. The number of rotatable bonds is 6. The highest BCUT2D eigenvalue weighted by molar-refractivity contribution is 5.94. The average molecular weight is 313 g/mol. The van der Waals surface area contributed by atoms with Crippen LogP contribution in [-0.4, -0.2) is 24.1 Å². The number of benzene rings is 2. The smallest absolute Gasteiger partial charge is 0.335 e. The number of aryl methyl sites for hydroxylation is 2. The molecule has 0 aromatic heterocycles. The van der Waals surface area contributed by atoms with Crippen molar-refractivity contribution in [3.63, 3.8) is 0 Å². The van der Waals surface area contributed by atoms with Crippen molar-refractivity contribution in [1.82, 2.24) is 0 Å². The Balaban J connectivity index is 1.96. The third-order valence-corrected chi connectivity index (χ3v) is 3.56. The molecule has 0 aliphatic carbocycles. The number of anilines is 1. The molecule has 0 aliphatic rings. The van der Waals surface area contributed by atoms with Crippen molar-refractivity contribution in [3.05, 3.63) is 59.2 Å². The molecule has 2 rings (SSSR count). The third-order valence-electron chi connectivity index (χ3n) is 3.56. The lowest BCUT2D eigenvalue weighted by Crippen LogP contribution is -2.14. The van der Waals surface area contributed by atoms with E-state index in [2.05, 4.69) is 5.32 Å². The van der Waals surface area contributed by atoms with E-state index >= 15 is 0 Å². The number of carbonyl (C=O) groups is 2. The molecule has 0 aliphatic heterocycles. The number of aromatic carboxylic acids is 1. The number of carboxylic acids is 1. The first-order chi connectivity index (χ1) is 11.0. The van der Waals surface area contributed by atoms with Crippen molar-refractivity contribution in [2.45, 2.75) is 19.8 Å². The second-order valence-corrected chi connectivity index (χ2v) is 5.23. The fraction of sp³-hybridized carbons (Fsp3) is 0.222. The molecule has 0 saturated heterocycles. The molecule has 2 aromatic carbocycles. The van der Waals surface area contributed by atoms with E-state index in [4.69, 9.17) is 9.84 Å².